The average molecular weight is 344 g/mol. The molecule has 1 aromatic carbocycles. The van der Waals surface area contributed by atoms with Gasteiger partial charge in [-0.3, -0.25) is 4.79 Å². The van der Waals surface area contributed by atoms with Crippen molar-refractivity contribution in [2.45, 2.75) is 52.2 Å². The van der Waals surface area contributed by atoms with Crippen molar-refractivity contribution < 1.29 is 19.4 Å². The number of nitrogens with zero attached hydrogens (tertiary/aromatic N) is 1. The molecule has 25 heavy (non-hydrogen) atoms. The minimum absolute atomic E-state index is 0.114. The number of hydrogen-bond donors (Lipinski definition) is 2. The van der Waals surface area contributed by atoms with Gasteiger partial charge in [-0.1, -0.05) is 12.1 Å². The number of aromatic nitrogens is 1. The Hall–Kier alpha value is -2.50. The molecule has 6 heteroatoms. The van der Waals surface area contributed by atoms with Gasteiger partial charge in [-0.25, -0.2) is 4.79 Å². The molecule has 1 amide bonds. The second-order valence-electron chi connectivity index (χ2n) is 7.47. The molecule has 1 aliphatic rings. The molecule has 0 bridgehead atoms. The van der Waals surface area contributed by atoms with E-state index < -0.39 is 11.6 Å². The lowest BCUT2D eigenvalue weighted by atomic mass is 9.97. The van der Waals surface area contributed by atoms with E-state index in [-0.39, 0.29) is 12.5 Å². The van der Waals surface area contributed by atoms with Gasteiger partial charge in [0, 0.05) is 29.6 Å². The van der Waals surface area contributed by atoms with E-state index in [1.807, 2.05) is 39.0 Å². The number of benzene rings is 1. The summed E-state index contributed by atoms with van der Waals surface area (Å²) in [4.78, 5) is 28.3. The van der Waals surface area contributed by atoms with Gasteiger partial charge in [0.2, 0.25) is 0 Å². The molecule has 2 heterocycles. The van der Waals surface area contributed by atoms with Gasteiger partial charge in [-0.2, -0.15) is 0 Å². The Morgan fingerprint density at radius 2 is 2.08 bits per heavy atom. The molecular weight excluding hydrogens is 320 g/mol. The number of carbonyl (C=O) groups excluding carboxylic acids is 1. The number of hydrogen-bond acceptors (Lipinski definition) is 3. The molecule has 2 aromatic rings. The van der Waals surface area contributed by atoms with Crippen molar-refractivity contribution >= 4 is 23.0 Å². The predicted molar refractivity (Wildman–Crippen MR) is 94.6 cm³/mol. The number of aryl methyl sites for hydroxylation is 1. The Morgan fingerprint density at radius 3 is 2.76 bits per heavy atom. The highest BCUT2D eigenvalue weighted by atomic mass is 16.6. The summed E-state index contributed by atoms with van der Waals surface area (Å²) in [7, 11) is 0. The third kappa shape index (κ3) is 3.78. The first kappa shape index (κ1) is 17.3. The SMILES string of the molecule is CC(C)(C)OC(=O)N1CCc2c([nH]c3cccc(CCC(=O)O)c23)C1. The Kier molecular flexibility index (Phi) is 4.45. The molecular formula is C19H24N2O4. The molecule has 0 fully saturated rings. The van der Waals surface area contributed by atoms with E-state index in [0.29, 0.717) is 19.5 Å². The molecule has 0 saturated heterocycles. The van der Waals surface area contributed by atoms with Crippen molar-refractivity contribution in [2.75, 3.05) is 6.54 Å². The van der Waals surface area contributed by atoms with Crippen LogP contribution < -0.4 is 0 Å². The fraction of sp³-hybridized carbons (Fsp3) is 0.474. The molecule has 1 aromatic heterocycles. The molecule has 0 unspecified atom stereocenters. The van der Waals surface area contributed by atoms with Crippen molar-refractivity contribution in [2.24, 2.45) is 0 Å². The van der Waals surface area contributed by atoms with Gasteiger partial charge in [-0.15, -0.1) is 0 Å². The maximum Gasteiger partial charge on any atom is 0.410 e. The first-order valence-electron chi connectivity index (χ1n) is 8.55. The number of carboxylic acid groups (broad SMARTS) is 1. The Morgan fingerprint density at radius 1 is 1.32 bits per heavy atom. The summed E-state index contributed by atoms with van der Waals surface area (Å²) in [6.07, 6.45) is 1.05. The molecule has 0 spiro atoms. The number of nitrogens with one attached hydrogen (secondary N) is 1. The lowest BCUT2D eigenvalue weighted by Crippen LogP contribution is -2.39. The van der Waals surface area contributed by atoms with Crippen LogP contribution in [0.5, 0.6) is 0 Å². The topological polar surface area (TPSA) is 82.6 Å². The normalized spacial score (nSPS) is 14.4. The van der Waals surface area contributed by atoms with Gasteiger partial charge in [0.25, 0.3) is 0 Å². The summed E-state index contributed by atoms with van der Waals surface area (Å²) in [6.45, 7) is 6.66. The molecule has 3 rings (SSSR count). The van der Waals surface area contributed by atoms with Crippen LogP contribution in [0, 0.1) is 0 Å². The van der Waals surface area contributed by atoms with E-state index in [4.69, 9.17) is 9.84 Å². The molecule has 1 aliphatic heterocycles. The number of amides is 1. The average Bonchev–Trinajstić information content (AvgIpc) is 2.89. The van der Waals surface area contributed by atoms with Gasteiger partial charge in [-0.05, 0) is 50.8 Å². The van der Waals surface area contributed by atoms with Crippen LogP contribution in [0.4, 0.5) is 4.79 Å². The highest BCUT2D eigenvalue weighted by Crippen LogP contribution is 2.31. The van der Waals surface area contributed by atoms with E-state index in [1.165, 1.54) is 5.56 Å². The quantitative estimate of drug-likeness (QED) is 0.893. The Bertz CT molecular complexity index is 817. The molecule has 0 aliphatic carbocycles. The van der Waals surface area contributed by atoms with Crippen LogP contribution in [0.25, 0.3) is 10.9 Å². The van der Waals surface area contributed by atoms with Crippen LogP contribution in [0.2, 0.25) is 0 Å². The van der Waals surface area contributed by atoms with E-state index >= 15 is 0 Å². The minimum atomic E-state index is -0.794. The fourth-order valence-corrected chi connectivity index (χ4v) is 3.31. The largest absolute Gasteiger partial charge is 0.481 e. The third-order valence-corrected chi connectivity index (χ3v) is 4.34. The number of fused-ring (bicyclic) bond motifs is 3. The summed E-state index contributed by atoms with van der Waals surface area (Å²) in [5, 5.41) is 10.1. The van der Waals surface area contributed by atoms with Crippen LogP contribution in [-0.2, 0) is 28.9 Å². The fourth-order valence-electron chi connectivity index (χ4n) is 3.31. The van der Waals surface area contributed by atoms with Crippen LogP contribution in [0.1, 0.15) is 44.0 Å². The van der Waals surface area contributed by atoms with E-state index in [9.17, 15) is 9.59 Å². The van der Waals surface area contributed by atoms with E-state index in [0.717, 1.165) is 28.6 Å². The lowest BCUT2D eigenvalue weighted by Gasteiger charge is -2.30. The molecule has 6 nitrogen and oxygen atoms in total. The highest BCUT2D eigenvalue weighted by Gasteiger charge is 2.28. The summed E-state index contributed by atoms with van der Waals surface area (Å²) >= 11 is 0. The molecule has 0 saturated carbocycles. The third-order valence-electron chi connectivity index (χ3n) is 4.34. The Balaban J connectivity index is 1.87. The summed E-state index contributed by atoms with van der Waals surface area (Å²) in [6, 6.07) is 5.92. The maximum atomic E-state index is 12.3. The number of H-pyrrole nitrogens is 1. The summed E-state index contributed by atoms with van der Waals surface area (Å²) in [5.74, 6) is -0.794. The van der Waals surface area contributed by atoms with E-state index in [1.54, 1.807) is 4.90 Å². The number of rotatable bonds is 3. The van der Waals surface area contributed by atoms with Gasteiger partial charge in [0.15, 0.2) is 0 Å². The van der Waals surface area contributed by atoms with Gasteiger partial charge >= 0.3 is 12.1 Å². The first-order chi connectivity index (χ1) is 11.7. The minimum Gasteiger partial charge on any atom is -0.481 e. The maximum absolute atomic E-state index is 12.3. The van der Waals surface area contributed by atoms with Crippen LogP contribution in [-0.4, -0.2) is 39.2 Å². The highest BCUT2D eigenvalue weighted by molar-refractivity contribution is 5.89. The zero-order valence-corrected chi connectivity index (χ0v) is 14.9. The van der Waals surface area contributed by atoms with Gasteiger partial charge in [0.05, 0.1) is 6.54 Å². The predicted octanol–water partition coefficient (Wildman–Crippen LogP) is 3.48. The number of carboxylic acids is 1. The summed E-state index contributed by atoms with van der Waals surface area (Å²) in [5.41, 5.74) is 3.73. The van der Waals surface area contributed by atoms with Gasteiger partial charge < -0.3 is 19.7 Å². The van der Waals surface area contributed by atoms with Gasteiger partial charge in [0.1, 0.15) is 5.60 Å². The smallest absolute Gasteiger partial charge is 0.410 e. The van der Waals surface area contributed by atoms with Crippen molar-refractivity contribution in [3.05, 3.63) is 35.0 Å². The van der Waals surface area contributed by atoms with Crippen LogP contribution >= 0.6 is 0 Å². The number of carbonyl (C=O) groups is 2. The standard InChI is InChI=1S/C19H24N2O4/c1-19(2,3)25-18(24)21-10-9-13-15(11-21)20-14-6-4-5-12(17(13)14)7-8-16(22)23/h4-6,20H,7-11H2,1-3H3,(H,22,23). The van der Waals surface area contributed by atoms with Crippen molar-refractivity contribution in [3.8, 4) is 0 Å². The summed E-state index contributed by atoms with van der Waals surface area (Å²) < 4.78 is 5.46. The molecule has 0 radical (unpaired) electrons. The molecule has 134 valence electrons. The number of ether oxygens (including phenoxy) is 1. The number of aliphatic carboxylic acids is 1. The van der Waals surface area contributed by atoms with Crippen molar-refractivity contribution in [3.63, 3.8) is 0 Å². The van der Waals surface area contributed by atoms with Crippen molar-refractivity contribution in [1.82, 2.24) is 9.88 Å². The lowest BCUT2D eigenvalue weighted by molar-refractivity contribution is -0.136. The zero-order valence-electron chi connectivity index (χ0n) is 14.9. The monoisotopic (exact) mass is 344 g/mol. The van der Waals surface area contributed by atoms with Crippen LogP contribution in [0.3, 0.4) is 0 Å². The zero-order chi connectivity index (χ0) is 18.2. The number of aromatic amines is 1. The second kappa shape index (κ2) is 6.43. The van der Waals surface area contributed by atoms with Crippen molar-refractivity contribution in [1.29, 1.82) is 0 Å². The second-order valence-corrected chi connectivity index (χ2v) is 7.47. The first-order valence-corrected chi connectivity index (χ1v) is 8.55. The molecule has 2 N–H and O–H groups in total. The Labute approximate surface area is 146 Å². The van der Waals surface area contributed by atoms with E-state index in [2.05, 4.69) is 4.98 Å². The molecule has 0 atom stereocenters. The van der Waals surface area contributed by atoms with Crippen LogP contribution in [0.15, 0.2) is 18.2 Å².